The lowest BCUT2D eigenvalue weighted by molar-refractivity contribution is 0.102. The van der Waals surface area contributed by atoms with E-state index < -0.39 is 10.8 Å². The number of aliphatic hydroxyl groups is 1. The van der Waals surface area contributed by atoms with Gasteiger partial charge in [0, 0.05) is 21.4 Å². The Bertz CT molecular complexity index is 724. The summed E-state index contributed by atoms with van der Waals surface area (Å²) in [5, 5.41) is 12.1. The quantitative estimate of drug-likeness (QED) is 0.884. The Morgan fingerprint density at radius 3 is 2.39 bits per heavy atom. The zero-order chi connectivity index (χ0) is 17.0. The summed E-state index contributed by atoms with van der Waals surface area (Å²) in [5.41, 5.74) is 2.85. The molecule has 0 heterocycles. The predicted molar refractivity (Wildman–Crippen MR) is 93.0 cm³/mol. The van der Waals surface area contributed by atoms with E-state index in [0.717, 1.165) is 16.0 Å². The van der Waals surface area contributed by atoms with Crippen molar-refractivity contribution in [2.45, 2.75) is 37.5 Å². The number of benzene rings is 2. The molecule has 0 saturated carbocycles. The Balaban J connectivity index is 2.17. The molecule has 2 N–H and O–H groups in total. The second-order valence-electron chi connectivity index (χ2n) is 5.63. The van der Waals surface area contributed by atoms with Crippen LogP contribution in [0, 0.1) is 6.92 Å². The highest BCUT2D eigenvalue weighted by Crippen LogP contribution is 2.19. The molecule has 23 heavy (non-hydrogen) atoms. The fourth-order valence-corrected chi connectivity index (χ4v) is 3.06. The predicted octanol–water partition coefficient (Wildman–Crippen LogP) is 3.26. The topological polar surface area (TPSA) is 66.4 Å². The molecule has 0 spiro atoms. The van der Waals surface area contributed by atoms with Gasteiger partial charge in [-0.25, -0.2) is 0 Å². The molecule has 1 unspecified atom stereocenters. The standard InChI is InChI=1S/C18H21NO3S/c1-12(2)23(22)16-8-6-15(7-9-16)18(21)19-17-10-14(11-20)5-4-13(17)3/h4-10,12,20H,11H2,1-3H3,(H,19,21). The minimum absolute atomic E-state index is 0.0403. The Morgan fingerprint density at radius 2 is 1.83 bits per heavy atom. The van der Waals surface area contributed by atoms with E-state index in [4.69, 9.17) is 0 Å². The van der Waals surface area contributed by atoms with Gasteiger partial charge in [-0.3, -0.25) is 9.00 Å². The number of rotatable bonds is 5. The van der Waals surface area contributed by atoms with Gasteiger partial charge < -0.3 is 10.4 Å². The smallest absolute Gasteiger partial charge is 0.255 e. The second-order valence-corrected chi connectivity index (χ2v) is 7.64. The van der Waals surface area contributed by atoms with Crippen molar-refractivity contribution in [2.75, 3.05) is 5.32 Å². The zero-order valence-corrected chi connectivity index (χ0v) is 14.3. The van der Waals surface area contributed by atoms with E-state index in [0.29, 0.717) is 11.3 Å². The summed E-state index contributed by atoms with van der Waals surface area (Å²) >= 11 is 0. The molecule has 0 aliphatic heterocycles. The summed E-state index contributed by atoms with van der Waals surface area (Å²) in [6, 6.07) is 12.2. The lowest BCUT2D eigenvalue weighted by Crippen LogP contribution is -2.13. The summed E-state index contributed by atoms with van der Waals surface area (Å²) in [6.07, 6.45) is 0. The van der Waals surface area contributed by atoms with Gasteiger partial charge in [-0.15, -0.1) is 0 Å². The van der Waals surface area contributed by atoms with E-state index in [-0.39, 0.29) is 17.8 Å². The zero-order valence-electron chi connectivity index (χ0n) is 13.5. The molecule has 0 aliphatic carbocycles. The summed E-state index contributed by atoms with van der Waals surface area (Å²) < 4.78 is 12.0. The monoisotopic (exact) mass is 331 g/mol. The lowest BCUT2D eigenvalue weighted by Gasteiger charge is -2.11. The van der Waals surface area contributed by atoms with E-state index >= 15 is 0 Å². The van der Waals surface area contributed by atoms with Gasteiger partial charge in [0.1, 0.15) is 0 Å². The van der Waals surface area contributed by atoms with Gasteiger partial charge >= 0.3 is 0 Å². The van der Waals surface area contributed by atoms with Crippen LogP contribution < -0.4 is 5.32 Å². The Kier molecular flexibility index (Phi) is 5.69. The van der Waals surface area contributed by atoms with Gasteiger partial charge in [-0.1, -0.05) is 26.0 Å². The first kappa shape index (κ1) is 17.4. The van der Waals surface area contributed by atoms with Crippen LogP contribution in [0.2, 0.25) is 0 Å². The van der Waals surface area contributed by atoms with Gasteiger partial charge in [-0.05, 0) is 48.4 Å². The van der Waals surface area contributed by atoms with Crippen LogP contribution in [0.1, 0.15) is 35.3 Å². The summed E-state index contributed by atoms with van der Waals surface area (Å²) in [4.78, 5) is 13.0. The molecule has 1 amide bonds. The van der Waals surface area contributed by atoms with Crippen molar-refractivity contribution >= 4 is 22.4 Å². The van der Waals surface area contributed by atoms with E-state index in [9.17, 15) is 14.1 Å². The Hall–Kier alpha value is -1.98. The van der Waals surface area contributed by atoms with Crippen molar-refractivity contribution in [1.29, 1.82) is 0 Å². The molecule has 0 aliphatic rings. The third-order valence-electron chi connectivity index (χ3n) is 3.51. The van der Waals surface area contributed by atoms with Crippen molar-refractivity contribution < 1.29 is 14.1 Å². The first-order chi connectivity index (χ1) is 10.9. The molecule has 4 nitrogen and oxygen atoms in total. The van der Waals surface area contributed by atoms with Crippen molar-refractivity contribution in [3.8, 4) is 0 Å². The maximum Gasteiger partial charge on any atom is 0.255 e. The van der Waals surface area contributed by atoms with Crippen LogP contribution in [0.15, 0.2) is 47.4 Å². The number of carbonyl (C=O) groups excluding carboxylic acids is 1. The van der Waals surface area contributed by atoms with Crippen LogP contribution in [-0.2, 0) is 17.4 Å². The van der Waals surface area contributed by atoms with Crippen LogP contribution in [0.25, 0.3) is 0 Å². The largest absolute Gasteiger partial charge is 0.392 e. The van der Waals surface area contributed by atoms with Crippen LogP contribution >= 0.6 is 0 Å². The third-order valence-corrected chi connectivity index (χ3v) is 5.10. The van der Waals surface area contributed by atoms with Gasteiger partial charge in [0.2, 0.25) is 0 Å². The highest BCUT2D eigenvalue weighted by atomic mass is 32.2. The molecule has 1 atom stereocenters. The minimum atomic E-state index is -1.06. The normalized spacial score (nSPS) is 12.2. The van der Waals surface area contributed by atoms with Gasteiger partial charge in [0.25, 0.3) is 5.91 Å². The van der Waals surface area contributed by atoms with Gasteiger partial charge in [0.15, 0.2) is 0 Å². The maximum atomic E-state index is 12.3. The molecule has 0 aromatic heterocycles. The minimum Gasteiger partial charge on any atom is -0.392 e. The maximum absolute atomic E-state index is 12.3. The molecular formula is C18H21NO3S. The summed E-state index contributed by atoms with van der Waals surface area (Å²) in [5.74, 6) is -0.231. The van der Waals surface area contributed by atoms with E-state index in [1.165, 1.54) is 0 Å². The number of hydrogen-bond donors (Lipinski definition) is 2. The van der Waals surface area contributed by atoms with Crippen molar-refractivity contribution in [3.05, 3.63) is 59.2 Å². The third kappa shape index (κ3) is 4.27. The van der Waals surface area contributed by atoms with Crippen LogP contribution in [-0.4, -0.2) is 20.5 Å². The van der Waals surface area contributed by atoms with E-state index in [2.05, 4.69) is 5.32 Å². The average molecular weight is 331 g/mol. The number of aliphatic hydroxyl groups excluding tert-OH is 1. The van der Waals surface area contributed by atoms with E-state index in [1.54, 1.807) is 30.3 Å². The highest BCUT2D eigenvalue weighted by Gasteiger charge is 2.11. The first-order valence-corrected chi connectivity index (χ1v) is 8.66. The van der Waals surface area contributed by atoms with Crippen LogP contribution in [0.5, 0.6) is 0 Å². The molecule has 2 aromatic carbocycles. The lowest BCUT2D eigenvalue weighted by atomic mass is 10.1. The van der Waals surface area contributed by atoms with Crippen molar-refractivity contribution in [3.63, 3.8) is 0 Å². The number of aryl methyl sites for hydroxylation is 1. The van der Waals surface area contributed by atoms with Crippen LogP contribution in [0.3, 0.4) is 0 Å². The molecule has 0 radical (unpaired) electrons. The SMILES string of the molecule is Cc1ccc(CO)cc1NC(=O)c1ccc(S(=O)C(C)C)cc1. The van der Waals surface area contributed by atoms with Gasteiger partial charge in [0.05, 0.1) is 17.4 Å². The molecule has 0 bridgehead atoms. The van der Waals surface area contributed by atoms with Crippen molar-refractivity contribution in [1.82, 2.24) is 0 Å². The average Bonchev–Trinajstić information content (AvgIpc) is 2.56. The molecule has 2 aromatic rings. The molecule has 122 valence electrons. The summed E-state index contributed by atoms with van der Waals surface area (Å²) in [7, 11) is -1.06. The van der Waals surface area contributed by atoms with E-state index in [1.807, 2.05) is 32.9 Å². The first-order valence-electron chi connectivity index (χ1n) is 7.44. The van der Waals surface area contributed by atoms with Crippen molar-refractivity contribution in [2.24, 2.45) is 0 Å². The molecule has 0 saturated heterocycles. The van der Waals surface area contributed by atoms with Gasteiger partial charge in [-0.2, -0.15) is 0 Å². The molecular weight excluding hydrogens is 310 g/mol. The highest BCUT2D eigenvalue weighted by molar-refractivity contribution is 7.85. The summed E-state index contributed by atoms with van der Waals surface area (Å²) in [6.45, 7) is 5.62. The number of carbonyl (C=O) groups is 1. The number of anilines is 1. The molecule has 2 rings (SSSR count). The Labute approximate surface area is 139 Å². The number of hydrogen-bond acceptors (Lipinski definition) is 3. The number of nitrogens with one attached hydrogen (secondary N) is 1. The van der Waals surface area contributed by atoms with Crippen LogP contribution in [0.4, 0.5) is 5.69 Å². The number of amides is 1. The molecule has 5 heteroatoms. The fraction of sp³-hybridized carbons (Fsp3) is 0.278. The second kappa shape index (κ2) is 7.53. The fourth-order valence-electron chi connectivity index (χ4n) is 2.11. The Morgan fingerprint density at radius 1 is 1.17 bits per heavy atom. The molecule has 0 fully saturated rings.